The van der Waals surface area contributed by atoms with Crippen molar-refractivity contribution < 1.29 is 9.90 Å². The maximum absolute atomic E-state index is 13.1. The SMILES string of the molecule is C/C(=N/NC(=O)C(O)(c1ccccc1)c1ccccc1)c1cc(C)ccc1C. The molecule has 1 amide bonds. The average Bonchev–Trinajstić information content (AvgIpc) is 2.74. The van der Waals surface area contributed by atoms with Gasteiger partial charge in [0.2, 0.25) is 0 Å². The fourth-order valence-electron chi connectivity index (χ4n) is 3.19. The molecule has 4 nitrogen and oxygen atoms in total. The Balaban J connectivity index is 1.96. The smallest absolute Gasteiger partial charge is 0.281 e. The molecule has 2 N–H and O–H groups in total. The summed E-state index contributed by atoms with van der Waals surface area (Å²) in [5.74, 6) is -0.602. The van der Waals surface area contributed by atoms with E-state index in [0.717, 1.165) is 16.7 Å². The van der Waals surface area contributed by atoms with Crippen molar-refractivity contribution in [3.8, 4) is 0 Å². The number of nitrogens with one attached hydrogen (secondary N) is 1. The standard InChI is InChI=1S/C24H24N2O2/c1-17-14-15-18(2)22(16-17)19(3)25-26-23(27)24(28,20-10-6-4-7-11-20)21-12-8-5-9-13-21/h4-16,28H,1-3H3,(H,26,27)/b25-19-. The maximum atomic E-state index is 13.1. The molecule has 3 aromatic rings. The number of benzene rings is 3. The topological polar surface area (TPSA) is 61.7 Å². The first kappa shape index (κ1) is 19.5. The van der Waals surface area contributed by atoms with E-state index in [2.05, 4.69) is 10.5 Å². The van der Waals surface area contributed by atoms with E-state index in [1.165, 1.54) is 0 Å². The third kappa shape index (κ3) is 3.87. The zero-order valence-corrected chi connectivity index (χ0v) is 16.3. The highest BCUT2D eigenvalue weighted by Crippen LogP contribution is 2.29. The Morgan fingerprint density at radius 1 is 0.893 bits per heavy atom. The van der Waals surface area contributed by atoms with Crippen LogP contribution in [0.15, 0.2) is 84.0 Å². The number of nitrogens with zero attached hydrogens (tertiary/aromatic N) is 1. The zero-order valence-electron chi connectivity index (χ0n) is 16.3. The summed E-state index contributed by atoms with van der Waals surface area (Å²) < 4.78 is 0. The number of hydrogen-bond acceptors (Lipinski definition) is 3. The molecular formula is C24H24N2O2. The molecule has 0 saturated carbocycles. The Bertz CT molecular complexity index is 956. The van der Waals surface area contributed by atoms with Gasteiger partial charge in [0.05, 0.1) is 5.71 Å². The van der Waals surface area contributed by atoms with Crippen LogP contribution in [0.25, 0.3) is 0 Å². The molecule has 4 heteroatoms. The number of aryl methyl sites for hydroxylation is 2. The third-order valence-electron chi connectivity index (χ3n) is 4.82. The minimum absolute atomic E-state index is 0.485. The van der Waals surface area contributed by atoms with Crippen LogP contribution in [0.1, 0.15) is 34.7 Å². The summed E-state index contributed by atoms with van der Waals surface area (Å²) in [6, 6.07) is 23.9. The van der Waals surface area contributed by atoms with Gasteiger partial charge < -0.3 is 5.11 Å². The van der Waals surface area contributed by atoms with Crippen LogP contribution in [-0.2, 0) is 10.4 Å². The molecule has 0 saturated heterocycles. The maximum Gasteiger partial charge on any atom is 0.281 e. The molecule has 0 aliphatic carbocycles. The van der Waals surface area contributed by atoms with Crippen molar-refractivity contribution in [2.75, 3.05) is 0 Å². The first-order chi connectivity index (χ1) is 13.4. The largest absolute Gasteiger partial charge is 0.372 e. The fourth-order valence-corrected chi connectivity index (χ4v) is 3.19. The van der Waals surface area contributed by atoms with E-state index in [9.17, 15) is 9.90 Å². The van der Waals surface area contributed by atoms with Gasteiger partial charge in [0.25, 0.3) is 5.91 Å². The lowest BCUT2D eigenvalue weighted by Gasteiger charge is -2.27. The van der Waals surface area contributed by atoms with E-state index >= 15 is 0 Å². The van der Waals surface area contributed by atoms with E-state index in [0.29, 0.717) is 16.8 Å². The summed E-state index contributed by atoms with van der Waals surface area (Å²) in [7, 11) is 0. The normalized spacial score (nSPS) is 11.9. The summed E-state index contributed by atoms with van der Waals surface area (Å²) in [4.78, 5) is 13.1. The van der Waals surface area contributed by atoms with E-state index < -0.39 is 11.5 Å². The monoisotopic (exact) mass is 372 g/mol. The Labute approximate surface area is 165 Å². The lowest BCUT2D eigenvalue weighted by Crippen LogP contribution is -2.43. The molecule has 0 radical (unpaired) electrons. The van der Waals surface area contributed by atoms with Crippen LogP contribution in [-0.4, -0.2) is 16.7 Å². The fraction of sp³-hybridized carbons (Fsp3) is 0.167. The van der Waals surface area contributed by atoms with E-state index in [-0.39, 0.29) is 0 Å². The predicted octanol–water partition coefficient (Wildman–Crippen LogP) is 4.08. The van der Waals surface area contributed by atoms with Gasteiger partial charge in [0.15, 0.2) is 5.60 Å². The summed E-state index contributed by atoms with van der Waals surface area (Å²) in [5.41, 5.74) is 5.52. The summed E-state index contributed by atoms with van der Waals surface area (Å²) in [5, 5.41) is 15.7. The van der Waals surface area contributed by atoms with Gasteiger partial charge in [-0.1, -0.05) is 78.4 Å². The van der Waals surface area contributed by atoms with E-state index in [4.69, 9.17) is 0 Å². The Hall–Kier alpha value is -3.24. The van der Waals surface area contributed by atoms with Crippen molar-refractivity contribution >= 4 is 11.6 Å². The third-order valence-corrected chi connectivity index (χ3v) is 4.82. The minimum Gasteiger partial charge on any atom is -0.372 e. The second-order valence-corrected chi connectivity index (χ2v) is 6.90. The number of hydrogen-bond donors (Lipinski definition) is 2. The van der Waals surface area contributed by atoms with Crippen molar-refractivity contribution in [3.05, 3.63) is 107 Å². The highest BCUT2D eigenvalue weighted by Gasteiger charge is 2.39. The number of rotatable bonds is 5. The Morgan fingerprint density at radius 3 is 1.96 bits per heavy atom. The molecule has 142 valence electrons. The van der Waals surface area contributed by atoms with Gasteiger partial charge in [-0.2, -0.15) is 5.10 Å². The molecule has 0 fully saturated rings. The summed E-state index contributed by atoms with van der Waals surface area (Å²) in [6.45, 7) is 5.85. The molecule has 28 heavy (non-hydrogen) atoms. The van der Waals surface area contributed by atoms with E-state index in [1.807, 2.05) is 51.1 Å². The van der Waals surface area contributed by atoms with Crippen LogP contribution in [0, 0.1) is 13.8 Å². The molecule has 0 aliphatic rings. The molecule has 0 atom stereocenters. The van der Waals surface area contributed by atoms with Crippen LogP contribution >= 0.6 is 0 Å². The molecule has 0 heterocycles. The van der Waals surface area contributed by atoms with Crippen molar-refractivity contribution in [1.29, 1.82) is 0 Å². The number of carbonyl (C=O) groups is 1. The number of hydrazone groups is 1. The molecule has 0 aliphatic heterocycles. The van der Waals surface area contributed by atoms with Crippen molar-refractivity contribution in [2.24, 2.45) is 5.10 Å². The number of aliphatic hydroxyl groups is 1. The molecule has 0 spiro atoms. The first-order valence-electron chi connectivity index (χ1n) is 9.18. The van der Waals surface area contributed by atoms with E-state index in [1.54, 1.807) is 48.5 Å². The summed E-state index contributed by atoms with van der Waals surface area (Å²) in [6.07, 6.45) is 0. The van der Waals surface area contributed by atoms with Crippen LogP contribution in [0.2, 0.25) is 0 Å². The molecule has 0 bridgehead atoms. The second-order valence-electron chi connectivity index (χ2n) is 6.90. The quantitative estimate of drug-likeness (QED) is 0.524. The molecule has 3 rings (SSSR count). The van der Waals surface area contributed by atoms with Crippen molar-refractivity contribution in [3.63, 3.8) is 0 Å². The van der Waals surface area contributed by atoms with Crippen LogP contribution in [0.5, 0.6) is 0 Å². The van der Waals surface area contributed by atoms with Crippen LogP contribution < -0.4 is 5.43 Å². The molecular weight excluding hydrogens is 348 g/mol. The van der Waals surface area contributed by atoms with Gasteiger partial charge in [-0.3, -0.25) is 4.79 Å². The van der Waals surface area contributed by atoms with Crippen LogP contribution in [0.3, 0.4) is 0 Å². The zero-order chi connectivity index (χ0) is 20.1. The van der Waals surface area contributed by atoms with Crippen LogP contribution in [0.4, 0.5) is 0 Å². The van der Waals surface area contributed by atoms with Gasteiger partial charge in [-0.15, -0.1) is 0 Å². The average molecular weight is 372 g/mol. The Kier molecular flexibility index (Phi) is 5.71. The molecule has 0 unspecified atom stereocenters. The first-order valence-corrected chi connectivity index (χ1v) is 9.18. The number of amides is 1. The van der Waals surface area contributed by atoms with Gasteiger partial charge in [0, 0.05) is 5.56 Å². The van der Waals surface area contributed by atoms with Crippen molar-refractivity contribution in [2.45, 2.75) is 26.4 Å². The second kappa shape index (κ2) is 8.19. The van der Waals surface area contributed by atoms with Gasteiger partial charge in [-0.05, 0) is 43.5 Å². The lowest BCUT2D eigenvalue weighted by molar-refractivity contribution is -0.136. The van der Waals surface area contributed by atoms with Gasteiger partial charge >= 0.3 is 0 Å². The predicted molar refractivity (Wildman–Crippen MR) is 112 cm³/mol. The highest BCUT2D eigenvalue weighted by molar-refractivity contribution is 6.01. The summed E-state index contributed by atoms with van der Waals surface area (Å²) >= 11 is 0. The van der Waals surface area contributed by atoms with Crippen molar-refractivity contribution in [1.82, 2.24) is 5.43 Å². The Morgan fingerprint density at radius 2 is 1.43 bits per heavy atom. The minimum atomic E-state index is -1.84. The lowest BCUT2D eigenvalue weighted by atomic mass is 9.85. The number of carbonyl (C=O) groups excluding carboxylic acids is 1. The van der Waals surface area contributed by atoms with Gasteiger partial charge in [0.1, 0.15) is 0 Å². The van der Waals surface area contributed by atoms with Gasteiger partial charge in [-0.25, -0.2) is 5.43 Å². The highest BCUT2D eigenvalue weighted by atomic mass is 16.3. The molecule has 0 aromatic heterocycles. The molecule has 3 aromatic carbocycles.